The van der Waals surface area contributed by atoms with Crippen LogP contribution in [0, 0.1) is 11.3 Å². The molecule has 0 saturated carbocycles. The van der Waals surface area contributed by atoms with E-state index in [0.717, 1.165) is 43.0 Å². The van der Waals surface area contributed by atoms with Crippen LogP contribution in [-0.4, -0.2) is 43.6 Å². The van der Waals surface area contributed by atoms with Gasteiger partial charge in [0.05, 0.1) is 11.4 Å². The summed E-state index contributed by atoms with van der Waals surface area (Å²) in [5.41, 5.74) is 2.52. The van der Waals surface area contributed by atoms with E-state index in [9.17, 15) is 4.79 Å². The molecule has 0 aromatic carbocycles. The smallest absolute Gasteiger partial charge is 0.227 e. The fourth-order valence-corrected chi connectivity index (χ4v) is 3.27. The number of aryl methyl sites for hydroxylation is 1. The Balaban J connectivity index is 1.75. The van der Waals surface area contributed by atoms with Gasteiger partial charge in [0.15, 0.2) is 0 Å². The molecule has 0 spiro atoms. The zero-order chi connectivity index (χ0) is 17.3. The lowest BCUT2D eigenvalue weighted by Gasteiger charge is -2.25. The lowest BCUT2D eigenvalue weighted by molar-refractivity contribution is -0.138. The quantitative estimate of drug-likeness (QED) is 0.868. The molecule has 1 saturated heterocycles. The first-order chi connectivity index (χ1) is 11.4. The topological polar surface area (TPSA) is 63.9 Å². The van der Waals surface area contributed by atoms with Crippen molar-refractivity contribution in [2.45, 2.75) is 33.6 Å². The number of carbonyl (C=O) groups is 1. The SMILES string of the molecule is Cn1nccc1-c1nccnc1C[C@@H]1CCN(C(=O)C(C)(C)C)C1. The Morgan fingerprint density at radius 1 is 1.25 bits per heavy atom. The minimum absolute atomic E-state index is 0.232. The summed E-state index contributed by atoms with van der Waals surface area (Å²) in [4.78, 5) is 23.5. The van der Waals surface area contributed by atoms with Gasteiger partial charge in [-0.05, 0) is 24.8 Å². The lowest BCUT2D eigenvalue weighted by atomic mass is 9.95. The molecule has 6 nitrogen and oxygen atoms in total. The average molecular weight is 327 g/mol. The molecule has 3 rings (SSSR count). The molecule has 2 aromatic heterocycles. The molecule has 1 aliphatic heterocycles. The van der Waals surface area contributed by atoms with Crippen LogP contribution < -0.4 is 0 Å². The first-order valence-corrected chi connectivity index (χ1v) is 8.44. The van der Waals surface area contributed by atoms with Gasteiger partial charge in [-0.25, -0.2) is 0 Å². The Morgan fingerprint density at radius 2 is 2.00 bits per heavy atom. The van der Waals surface area contributed by atoms with Gasteiger partial charge in [0.25, 0.3) is 0 Å². The number of hydrogen-bond acceptors (Lipinski definition) is 4. The first kappa shape index (κ1) is 16.6. The molecular weight excluding hydrogens is 302 g/mol. The van der Waals surface area contributed by atoms with E-state index in [1.807, 2.05) is 43.5 Å². The molecule has 0 radical (unpaired) electrons. The number of aromatic nitrogens is 4. The highest BCUT2D eigenvalue weighted by molar-refractivity contribution is 5.81. The summed E-state index contributed by atoms with van der Waals surface area (Å²) in [7, 11) is 1.91. The van der Waals surface area contributed by atoms with E-state index in [4.69, 9.17) is 0 Å². The standard InChI is InChI=1S/C18H25N5O/c1-18(2,3)17(24)23-10-6-13(12-23)11-14-16(20-9-8-19-14)15-5-7-21-22(15)4/h5,7-9,13H,6,10-12H2,1-4H3/t13-/m0/s1. The average Bonchev–Trinajstić information content (AvgIpc) is 3.15. The Morgan fingerprint density at radius 3 is 2.67 bits per heavy atom. The summed E-state index contributed by atoms with van der Waals surface area (Å²) in [5, 5.41) is 4.22. The summed E-state index contributed by atoms with van der Waals surface area (Å²) in [5.74, 6) is 0.663. The number of amides is 1. The third-order valence-corrected chi connectivity index (χ3v) is 4.53. The van der Waals surface area contributed by atoms with Crippen LogP contribution in [0.2, 0.25) is 0 Å². The van der Waals surface area contributed by atoms with E-state index in [1.54, 1.807) is 18.6 Å². The van der Waals surface area contributed by atoms with Gasteiger partial charge in [-0.2, -0.15) is 5.10 Å². The van der Waals surface area contributed by atoms with Crippen molar-refractivity contribution >= 4 is 5.91 Å². The summed E-state index contributed by atoms with van der Waals surface area (Å²) in [6.07, 6.45) is 7.08. The lowest BCUT2D eigenvalue weighted by Crippen LogP contribution is -2.38. The maximum Gasteiger partial charge on any atom is 0.227 e. The summed E-state index contributed by atoms with van der Waals surface area (Å²) < 4.78 is 1.82. The zero-order valence-corrected chi connectivity index (χ0v) is 14.9. The highest BCUT2D eigenvalue weighted by atomic mass is 16.2. The van der Waals surface area contributed by atoms with Crippen LogP contribution in [0.15, 0.2) is 24.7 Å². The third kappa shape index (κ3) is 3.32. The van der Waals surface area contributed by atoms with Crippen molar-refractivity contribution in [3.8, 4) is 11.4 Å². The largest absolute Gasteiger partial charge is 0.342 e. The van der Waals surface area contributed by atoms with Crippen molar-refractivity contribution in [1.29, 1.82) is 0 Å². The molecule has 6 heteroatoms. The molecule has 1 atom stereocenters. The number of hydrogen-bond donors (Lipinski definition) is 0. The number of rotatable bonds is 3. The van der Waals surface area contributed by atoms with E-state index >= 15 is 0 Å². The number of likely N-dealkylation sites (tertiary alicyclic amines) is 1. The molecule has 1 amide bonds. The van der Waals surface area contributed by atoms with Crippen LogP contribution >= 0.6 is 0 Å². The molecule has 0 N–H and O–H groups in total. The van der Waals surface area contributed by atoms with E-state index in [1.165, 1.54) is 0 Å². The van der Waals surface area contributed by atoms with Crippen LogP contribution in [0.25, 0.3) is 11.4 Å². The summed E-state index contributed by atoms with van der Waals surface area (Å²) in [6, 6.07) is 1.96. The van der Waals surface area contributed by atoms with Crippen molar-refractivity contribution in [3.63, 3.8) is 0 Å². The maximum absolute atomic E-state index is 12.4. The molecule has 1 aliphatic rings. The molecule has 1 fully saturated rings. The van der Waals surface area contributed by atoms with E-state index in [0.29, 0.717) is 5.92 Å². The van der Waals surface area contributed by atoms with Crippen molar-refractivity contribution in [2.75, 3.05) is 13.1 Å². The first-order valence-electron chi connectivity index (χ1n) is 8.44. The molecule has 0 aliphatic carbocycles. The minimum Gasteiger partial charge on any atom is -0.342 e. The second kappa shape index (κ2) is 6.34. The van der Waals surface area contributed by atoms with Crippen LogP contribution in [0.5, 0.6) is 0 Å². The van der Waals surface area contributed by atoms with Crippen LogP contribution in [0.4, 0.5) is 0 Å². The van der Waals surface area contributed by atoms with Crippen LogP contribution in [0.1, 0.15) is 32.9 Å². The van der Waals surface area contributed by atoms with Crippen molar-refractivity contribution in [1.82, 2.24) is 24.6 Å². The van der Waals surface area contributed by atoms with Gasteiger partial charge in [0, 0.05) is 44.1 Å². The highest BCUT2D eigenvalue weighted by Gasteiger charge is 2.33. The van der Waals surface area contributed by atoms with Gasteiger partial charge in [-0.1, -0.05) is 20.8 Å². The van der Waals surface area contributed by atoms with Gasteiger partial charge < -0.3 is 4.90 Å². The summed E-state index contributed by atoms with van der Waals surface area (Å²) >= 11 is 0. The fraction of sp³-hybridized carbons (Fsp3) is 0.556. The second-order valence-corrected chi connectivity index (χ2v) is 7.55. The monoisotopic (exact) mass is 327 g/mol. The zero-order valence-electron chi connectivity index (χ0n) is 14.9. The van der Waals surface area contributed by atoms with Crippen molar-refractivity contribution < 1.29 is 4.79 Å². The Labute approximate surface area is 142 Å². The Kier molecular flexibility index (Phi) is 4.39. The molecule has 3 heterocycles. The number of nitrogens with zero attached hydrogens (tertiary/aromatic N) is 5. The minimum atomic E-state index is -0.318. The van der Waals surface area contributed by atoms with E-state index in [2.05, 4.69) is 15.1 Å². The van der Waals surface area contributed by atoms with Crippen molar-refractivity contribution in [2.24, 2.45) is 18.4 Å². The highest BCUT2D eigenvalue weighted by Crippen LogP contribution is 2.28. The van der Waals surface area contributed by atoms with Gasteiger partial charge in [-0.3, -0.25) is 19.4 Å². The van der Waals surface area contributed by atoms with Crippen molar-refractivity contribution in [3.05, 3.63) is 30.4 Å². The molecular formula is C18H25N5O. The molecule has 128 valence electrons. The van der Waals surface area contributed by atoms with Gasteiger partial charge in [0.2, 0.25) is 5.91 Å². The van der Waals surface area contributed by atoms with E-state index in [-0.39, 0.29) is 11.3 Å². The number of carbonyl (C=O) groups excluding carboxylic acids is 1. The molecule has 0 unspecified atom stereocenters. The predicted molar refractivity (Wildman–Crippen MR) is 92.1 cm³/mol. The normalized spacial score (nSPS) is 18.2. The van der Waals surface area contributed by atoms with Gasteiger partial charge in [0.1, 0.15) is 5.69 Å². The maximum atomic E-state index is 12.4. The molecule has 24 heavy (non-hydrogen) atoms. The second-order valence-electron chi connectivity index (χ2n) is 7.55. The van der Waals surface area contributed by atoms with Gasteiger partial charge in [-0.15, -0.1) is 0 Å². The van der Waals surface area contributed by atoms with Crippen LogP contribution in [-0.2, 0) is 18.3 Å². The van der Waals surface area contributed by atoms with E-state index < -0.39 is 0 Å². The predicted octanol–water partition coefficient (Wildman–Crippen LogP) is 2.31. The Bertz CT molecular complexity index is 731. The molecule has 0 bridgehead atoms. The summed E-state index contributed by atoms with van der Waals surface area (Å²) in [6.45, 7) is 7.57. The van der Waals surface area contributed by atoms with Crippen LogP contribution in [0.3, 0.4) is 0 Å². The van der Waals surface area contributed by atoms with Gasteiger partial charge >= 0.3 is 0 Å². The Hall–Kier alpha value is -2.24. The molecule has 2 aromatic rings. The third-order valence-electron chi connectivity index (χ3n) is 4.53. The fourth-order valence-electron chi connectivity index (χ4n) is 3.27.